The fourth-order valence-electron chi connectivity index (χ4n) is 5.71. The lowest BCUT2D eigenvalue weighted by molar-refractivity contribution is -0.115. The van der Waals surface area contributed by atoms with Crippen LogP contribution >= 0.6 is 0 Å². The van der Waals surface area contributed by atoms with Crippen LogP contribution in [0, 0.1) is 6.92 Å². The highest BCUT2D eigenvalue weighted by molar-refractivity contribution is 6.02. The zero-order chi connectivity index (χ0) is 23.5. The Balaban J connectivity index is 1.62. The lowest BCUT2D eigenvalue weighted by Crippen LogP contribution is -2.40. The Kier molecular flexibility index (Phi) is 7.53. The second-order valence-corrected chi connectivity index (χ2v) is 10.1. The Labute approximate surface area is 199 Å². The third-order valence-electron chi connectivity index (χ3n) is 7.88. The first-order valence-corrected chi connectivity index (χ1v) is 12.8. The first-order chi connectivity index (χ1) is 15.9. The van der Waals surface area contributed by atoms with Gasteiger partial charge in [-0.05, 0) is 100 Å². The Morgan fingerprint density at radius 1 is 1.09 bits per heavy atom. The molecule has 1 aromatic rings. The number of anilines is 1. The van der Waals surface area contributed by atoms with Crippen molar-refractivity contribution in [3.63, 3.8) is 0 Å². The van der Waals surface area contributed by atoms with Gasteiger partial charge in [-0.2, -0.15) is 0 Å². The van der Waals surface area contributed by atoms with Crippen molar-refractivity contribution in [3.05, 3.63) is 51.6 Å². The van der Waals surface area contributed by atoms with Gasteiger partial charge in [0.25, 0.3) is 0 Å². The van der Waals surface area contributed by atoms with Gasteiger partial charge in [-0.15, -0.1) is 0 Å². The van der Waals surface area contributed by atoms with Gasteiger partial charge in [0.05, 0.1) is 0 Å². The molecule has 3 aliphatic rings. The molecule has 1 saturated carbocycles. The predicted octanol–water partition coefficient (Wildman–Crippen LogP) is 6.47. The molecule has 1 heterocycles. The van der Waals surface area contributed by atoms with E-state index in [0.29, 0.717) is 31.2 Å². The van der Waals surface area contributed by atoms with E-state index in [1.54, 1.807) is 0 Å². The summed E-state index contributed by atoms with van der Waals surface area (Å²) in [7, 11) is 0. The molecule has 0 spiro atoms. The summed E-state index contributed by atoms with van der Waals surface area (Å²) in [6, 6.07) is 4.99. The molecule has 178 valence electrons. The van der Waals surface area contributed by atoms with Crippen LogP contribution in [0.25, 0.3) is 0 Å². The molecule has 4 nitrogen and oxygen atoms in total. The summed E-state index contributed by atoms with van der Waals surface area (Å²) in [6.07, 6.45) is 9.27. The molecule has 1 saturated heterocycles. The van der Waals surface area contributed by atoms with Crippen LogP contribution in [0.3, 0.4) is 0 Å². The van der Waals surface area contributed by atoms with Gasteiger partial charge in [0.1, 0.15) is 0 Å². The van der Waals surface area contributed by atoms with Gasteiger partial charge in [-0.3, -0.25) is 9.59 Å². The van der Waals surface area contributed by atoms with E-state index in [2.05, 4.69) is 37.0 Å². The van der Waals surface area contributed by atoms with Gasteiger partial charge < -0.3 is 9.64 Å². The standard InChI is InChI=1S/C29H39NO3/c1-5-30(24-11-13-33-14-12-24)27-18-23(22-7-6-8-22)17-26(21(27)4)28(31)10-9-25-20(3)15-19(2)16-29(25)32/h15,17-18,22,24H,5-14,16H2,1-4H3. The molecule has 0 aromatic heterocycles. The molecule has 0 bridgehead atoms. The molecule has 0 atom stereocenters. The van der Waals surface area contributed by atoms with Gasteiger partial charge in [0.15, 0.2) is 11.6 Å². The summed E-state index contributed by atoms with van der Waals surface area (Å²) in [6.45, 7) is 10.9. The molecule has 4 rings (SSSR count). The van der Waals surface area contributed by atoms with Crippen LogP contribution in [0.1, 0.15) is 99.5 Å². The number of hydrogen-bond acceptors (Lipinski definition) is 4. The van der Waals surface area contributed by atoms with Crippen LogP contribution in [0.5, 0.6) is 0 Å². The smallest absolute Gasteiger partial charge is 0.163 e. The van der Waals surface area contributed by atoms with Gasteiger partial charge in [-0.25, -0.2) is 0 Å². The number of carbonyl (C=O) groups excluding carboxylic acids is 2. The van der Waals surface area contributed by atoms with Crippen molar-refractivity contribution in [1.82, 2.24) is 0 Å². The maximum atomic E-state index is 13.5. The number of ether oxygens (including phenoxy) is 1. The van der Waals surface area contributed by atoms with Crippen LogP contribution in [0.15, 0.2) is 34.9 Å². The average molecular weight is 450 g/mol. The molecular weight excluding hydrogens is 410 g/mol. The van der Waals surface area contributed by atoms with E-state index in [-0.39, 0.29) is 11.6 Å². The van der Waals surface area contributed by atoms with Crippen molar-refractivity contribution in [2.45, 2.75) is 91.0 Å². The summed E-state index contributed by atoms with van der Waals surface area (Å²) in [5.41, 5.74) is 7.45. The van der Waals surface area contributed by atoms with Crippen LogP contribution in [0.2, 0.25) is 0 Å². The summed E-state index contributed by atoms with van der Waals surface area (Å²) in [5.74, 6) is 0.914. The zero-order valence-electron chi connectivity index (χ0n) is 20.8. The number of hydrogen-bond donors (Lipinski definition) is 0. The van der Waals surface area contributed by atoms with Crippen molar-refractivity contribution < 1.29 is 14.3 Å². The van der Waals surface area contributed by atoms with Crippen molar-refractivity contribution in [2.75, 3.05) is 24.7 Å². The van der Waals surface area contributed by atoms with E-state index in [1.165, 1.54) is 30.5 Å². The topological polar surface area (TPSA) is 46.6 Å². The highest BCUT2D eigenvalue weighted by atomic mass is 16.5. The number of Topliss-reactive ketones (excluding diaryl/α,β-unsaturated/α-hetero) is 2. The molecular formula is C29H39NO3. The third-order valence-corrected chi connectivity index (χ3v) is 7.88. The Morgan fingerprint density at radius 3 is 2.42 bits per heavy atom. The Hall–Kier alpha value is -2.20. The minimum atomic E-state index is 0.164. The van der Waals surface area contributed by atoms with E-state index in [4.69, 9.17) is 4.74 Å². The molecule has 2 aliphatic carbocycles. The lowest BCUT2D eigenvalue weighted by atomic mass is 9.78. The average Bonchev–Trinajstić information content (AvgIpc) is 2.74. The second-order valence-electron chi connectivity index (χ2n) is 10.1. The SMILES string of the molecule is CCN(c1cc(C2CCC2)cc(C(=O)CCC2=C(C)C=C(C)CC2=O)c1C)C1CCOCC1. The van der Waals surface area contributed by atoms with Gasteiger partial charge in [-0.1, -0.05) is 18.1 Å². The number of benzene rings is 1. The van der Waals surface area contributed by atoms with Crippen LogP contribution in [-0.2, 0) is 9.53 Å². The van der Waals surface area contributed by atoms with E-state index in [1.807, 2.05) is 13.8 Å². The Morgan fingerprint density at radius 2 is 1.82 bits per heavy atom. The van der Waals surface area contributed by atoms with Crippen molar-refractivity contribution in [2.24, 2.45) is 0 Å². The highest BCUT2D eigenvalue weighted by Gasteiger charge is 2.28. The van der Waals surface area contributed by atoms with Crippen LogP contribution < -0.4 is 4.90 Å². The molecule has 0 radical (unpaired) electrons. The summed E-state index contributed by atoms with van der Waals surface area (Å²) < 4.78 is 5.61. The molecule has 0 amide bonds. The summed E-state index contributed by atoms with van der Waals surface area (Å²) in [4.78, 5) is 28.6. The number of allylic oxidation sites excluding steroid dienone is 4. The largest absolute Gasteiger partial charge is 0.381 e. The Bertz CT molecular complexity index is 977. The van der Waals surface area contributed by atoms with E-state index < -0.39 is 0 Å². The maximum Gasteiger partial charge on any atom is 0.163 e. The zero-order valence-corrected chi connectivity index (χ0v) is 20.8. The van der Waals surface area contributed by atoms with Gasteiger partial charge >= 0.3 is 0 Å². The highest BCUT2D eigenvalue weighted by Crippen LogP contribution is 2.40. The van der Waals surface area contributed by atoms with E-state index in [0.717, 1.165) is 60.4 Å². The molecule has 0 unspecified atom stereocenters. The first kappa shape index (κ1) is 23.9. The minimum Gasteiger partial charge on any atom is -0.381 e. The molecule has 33 heavy (non-hydrogen) atoms. The van der Waals surface area contributed by atoms with Crippen molar-refractivity contribution >= 4 is 17.3 Å². The second kappa shape index (κ2) is 10.4. The molecule has 2 fully saturated rings. The van der Waals surface area contributed by atoms with Crippen LogP contribution in [-0.4, -0.2) is 37.4 Å². The van der Waals surface area contributed by atoms with Gasteiger partial charge in [0.2, 0.25) is 0 Å². The number of nitrogens with zero attached hydrogens (tertiary/aromatic N) is 1. The molecule has 1 aromatic carbocycles. The number of ketones is 2. The predicted molar refractivity (Wildman–Crippen MR) is 134 cm³/mol. The molecule has 1 aliphatic heterocycles. The number of rotatable bonds is 8. The summed E-state index contributed by atoms with van der Waals surface area (Å²) >= 11 is 0. The van der Waals surface area contributed by atoms with E-state index >= 15 is 0 Å². The molecule has 0 N–H and O–H groups in total. The monoisotopic (exact) mass is 449 g/mol. The normalized spacial score (nSPS) is 20.0. The first-order valence-electron chi connectivity index (χ1n) is 12.8. The maximum absolute atomic E-state index is 13.5. The number of carbonyl (C=O) groups is 2. The van der Waals surface area contributed by atoms with Gasteiger partial charge in [0, 0.05) is 49.9 Å². The summed E-state index contributed by atoms with van der Waals surface area (Å²) in [5, 5.41) is 0. The lowest BCUT2D eigenvalue weighted by Gasteiger charge is -2.37. The van der Waals surface area contributed by atoms with E-state index in [9.17, 15) is 9.59 Å². The van der Waals surface area contributed by atoms with Crippen molar-refractivity contribution in [1.29, 1.82) is 0 Å². The van der Waals surface area contributed by atoms with Crippen LogP contribution in [0.4, 0.5) is 5.69 Å². The quantitative estimate of drug-likeness (QED) is 0.427. The van der Waals surface area contributed by atoms with Crippen molar-refractivity contribution in [3.8, 4) is 0 Å². The fraction of sp³-hybridized carbons (Fsp3) is 0.586. The minimum absolute atomic E-state index is 0.164. The fourth-order valence-corrected chi connectivity index (χ4v) is 5.71. The molecule has 4 heteroatoms. The third kappa shape index (κ3) is 5.16.